The van der Waals surface area contributed by atoms with Gasteiger partial charge in [0.15, 0.2) is 11.6 Å². The highest BCUT2D eigenvalue weighted by molar-refractivity contribution is 5.27. The van der Waals surface area contributed by atoms with Crippen LogP contribution in [-0.2, 0) is 32.2 Å². The number of benzene rings is 2. The fourth-order valence-electron chi connectivity index (χ4n) is 4.30. The predicted molar refractivity (Wildman–Crippen MR) is 109 cm³/mol. The molecule has 1 aliphatic heterocycles. The molecule has 1 saturated heterocycles. The number of hydrogen-bond acceptors (Lipinski definition) is 6. The van der Waals surface area contributed by atoms with Gasteiger partial charge in [-0.2, -0.15) is 0 Å². The second kappa shape index (κ2) is 7.85. The van der Waals surface area contributed by atoms with Gasteiger partial charge in [-0.15, -0.1) is 0 Å². The lowest BCUT2D eigenvalue weighted by molar-refractivity contribution is -0.494. The van der Waals surface area contributed by atoms with Gasteiger partial charge in [0.25, 0.3) is 0 Å². The molecule has 4 atom stereocenters. The van der Waals surface area contributed by atoms with Gasteiger partial charge in [-0.25, -0.2) is 0 Å². The first-order chi connectivity index (χ1) is 14.6. The summed E-state index contributed by atoms with van der Waals surface area (Å²) in [4.78, 5) is 0. The van der Waals surface area contributed by atoms with Crippen molar-refractivity contribution in [2.75, 3.05) is 14.2 Å². The van der Waals surface area contributed by atoms with Crippen LogP contribution in [0.15, 0.2) is 48.5 Å². The van der Waals surface area contributed by atoms with Crippen LogP contribution in [0, 0.1) is 0 Å². The molecule has 0 bridgehead atoms. The van der Waals surface area contributed by atoms with Crippen molar-refractivity contribution < 1.29 is 28.4 Å². The molecule has 3 fully saturated rings. The monoisotopic (exact) mass is 412 g/mol. The molecule has 1 heterocycles. The molecule has 0 radical (unpaired) electrons. The zero-order chi connectivity index (χ0) is 20.6. The highest BCUT2D eigenvalue weighted by atomic mass is 16.8. The second-order valence-corrected chi connectivity index (χ2v) is 8.19. The lowest BCUT2D eigenvalue weighted by atomic mass is 9.78. The third-order valence-electron chi connectivity index (χ3n) is 6.46. The number of rotatable bonds is 8. The quantitative estimate of drug-likeness (QED) is 0.648. The predicted octanol–water partition coefficient (Wildman–Crippen LogP) is 4.20. The number of hydrogen-bond donors (Lipinski definition) is 0. The summed E-state index contributed by atoms with van der Waals surface area (Å²) in [7, 11) is 3.33. The first kappa shape index (κ1) is 19.8. The molecule has 0 aromatic heterocycles. The fourth-order valence-corrected chi connectivity index (χ4v) is 4.30. The van der Waals surface area contributed by atoms with Crippen molar-refractivity contribution in [1.82, 2.24) is 0 Å². The molecule has 30 heavy (non-hydrogen) atoms. The maximum absolute atomic E-state index is 6.45. The van der Waals surface area contributed by atoms with Gasteiger partial charge < -0.3 is 28.4 Å². The second-order valence-electron chi connectivity index (χ2n) is 8.19. The van der Waals surface area contributed by atoms with Gasteiger partial charge in [0, 0.05) is 12.8 Å². The maximum Gasteiger partial charge on any atom is 0.195 e. The molecule has 6 heteroatoms. The molecular weight excluding hydrogens is 384 g/mol. The summed E-state index contributed by atoms with van der Waals surface area (Å²) in [5.74, 6) is 0.364. The van der Waals surface area contributed by atoms with Crippen LogP contribution in [-0.4, -0.2) is 38.0 Å². The van der Waals surface area contributed by atoms with Crippen molar-refractivity contribution in [3.8, 4) is 11.5 Å². The van der Waals surface area contributed by atoms with Crippen LogP contribution < -0.4 is 9.47 Å². The highest BCUT2D eigenvalue weighted by Crippen LogP contribution is 2.55. The SMILES string of the molecule is COc1ccc(CO[C@@]23CC[C@@H]2O[C@@]2(OCc4ccc(OC)cc4)CC[C@H]2O3)cc1. The van der Waals surface area contributed by atoms with Crippen LogP contribution >= 0.6 is 0 Å². The summed E-state index contributed by atoms with van der Waals surface area (Å²) in [6.45, 7) is 0.965. The van der Waals surface area contributed by atoms with Crippen LogP contribution in [0.5, 0.6) is 11.5 Å². The molecule has 2 aromatic rings. The average molecular weight is 412 g/mol. The van der Waals surface area contributed by atoms with Crippen LogP contribution in [0.3, 0.4) is 0 Å². The van der Waals surface area contributed by atoms with E-state index in [0.29, 0.717) is 13.2 Å². The van der Waals surface area contributed by atoms with Crippen molar-refractivity contribution in [3.63, 3.8) is 0 Å². The summed E-state index contributed by atoms with van der Waals surface area (Å²) >= 11 is 0. The summed E-state index contributed by atoms with van der Waals surface area (Å²) in [5, 5.41) is 0. The van der Waals surface area contributed by atoms with E-state index in [0.717, 1.165) is 48.3 Å². The third kappa shape index (κ3) is 3.48. The smallest absolute Gasteiger partial charge is 0.195 e. The summed E-state index contributed by atoms with van der Waals surface area (Å²) in [6.07, 6.45) is 3.34. The van der Waals surface area contributed by atoms with E-state index < -0.39 is 11.6 Å². The molecule has 0 spiro atoms. The summed E-state index contributed by atoms with van der Waals surface area (Å²) < 4.78 is 35.8. The minimum absolute atomic E-state index is 0.0943. The van der Waals surface area contributed by atoms with Crippen LogP contribution in [0.2, 0.25) is 0 Å². The lowest BCUT2D eigenvalue weighted by Gasteiger charge is -2.62. The standard InChI is InChI=1S/C24H28O6/c1-25-19-7-3-17(4-8-19)15-27-23-13-11-21(23)30-24(14-12-22(24)29-23)28-16-18-5-9-20(26-2)10-6-18/h3-10,21-22H,11-16H2,1-2H3/t21-,22+,23+,24-. The zero-order valence-electron chi connectivity index (χ0n) is 17.5. The first-order valence-electron chi connectivity index (χ1n) is 10.5. The molecule has 0 N–H and O–H groups in total. The largest absolute Gasteiger partial charge is 0.497 e. The van der Waals surface area contributed by atoms with E-state index in [4.69, 9.17) is 28.4 Å². The van der Waals surface area contributed by atoms with Crippen molar-refractivity contribution >= 4 is 0 Å². The minimum Gasteiger partial charge on any atom is -0.497 e. The van der Waals surface area contributed by atoms with E-state index in [1.165, 1.54) is 0 Å². The number of ether oxygens (including phenoxy) is 6. The molecule has 0 amide bonds. The first-order valence-corrected chi connectivity index (χ1v) is 10.5. The van der Waals surface area contributed by atoms with Gasteiger partial charge in [0.05, 0.1) is 27.4 Å². The van der Waals surface area contributed by atoms with Gasteiger partial charge in [-0.1, -0.05) is 24.3 Å². The summed E-state index contributed by atoms with van der Waals surface area (Å²) in [5.41, 5.74) is 2.17. The topological polar surface area (TPSA) is 55.4 Å². The Kier molecular flexibility index (Phi) is 5.19. The molecule has 0 unspecified atom stereocenters. The van der Waals surface area contributed by atoms with Gasteiger partial charge in [0.2, 0.25) is 0 Å². The van der Waals surface area contributed by atoms with E-state index in [1.54, 1.807) is 14.2 Å². The van der Waals surface area contributed by atoms with Crippen molar-refractivity contribution in [2.24, 2.45) is 0 Å². The van der Waals surface area contributed by atoms with Gasteiger partial charge in [-0.05, 0) is 48.2 Å². The Labute approximate surface area is 177 Å². The van der Waals surface area contributed by atoms with Gasteiger partial charge in [0.1, 0.15) is 23.7 Å². The van der Waals surface area contributed by atoms with E-state index in [1.807, 2.05) is 48.5 Å². The summed E-state index contributed by atoms with van der Waals surface area (Å²) in [6, 6.07) is 15.8. The van der Waals surface area contributed by atoms with Gasteiger partial charge in [-0.3, -0.25) is 0 Å². The average Bonchev–Trinajstić information content (AvgIpc) is 2.77. The third-order valence-corrected chi connectivity index (χ3v) is 6.46. The molecule has 2 saturated carbocycles. The van der Waals surface area contributed by atoms with E-state index in [-0.39, 0.29) is 12.2 Å². The van der Waals surface area contributed by atoms with E-state index in [9.17, 15) is 0 Å². The molecule has 2 aliphatic carbocycles. The van der Waals surface area contributed by atoms with Crippen LogP contribution in [0.1, 0.15) is 36.8 Å². The normalized spacial score (nSPS) is 31.7. The fraction of sp³-hybridized carbons (Fsp3) is 0.500. The van der Waals surface area contributed by atoms with E-state index in [2.05, 4.69) is 0 Å². The Morgan fingerprint density at radius 3 is 1.40 bits per heavy atom. The lowest BCUT2D eigenvalue weighted by Crippen LogP contribution is -2.73. The maximum atomic E-state index is 6.45. The van der Waals surface area contributed by atoms with E-state index >= 15 is 0 Å². The highest BCUT2D eigenvalue weighted by Gasteiger charge is 2.66. The van der Waals surface area contributed by atoms with Crippen molar-refractivity contribution in [1.29, 1.82) is 0 Å². The number of methoxy groups -OCH3 is 2. The van der Waals surface area contributed by atoms with Crippen molar-refractivity contribution in [3.05, 3.63) is 59.7 Å². The Bertz CT molecular complexity index is 793. The minimum atomic E-state index is -0.655. The Morgan fingerprint density at radius 1 is 0.700 bits per heavy atom. The Morgan fingerprint density at radius 2 is 1.10 bits per heavy atom. The van der Waals surface area contributed by atoms with Crippen LogP contribution in [0.4, 0.5) is 0 Å². The zero-order valence-corrected chi connectivity index (χ0v) is 17.5. The Balaban J connectivity index is 1.20. The Hall–Kier alpha value is -2.12. The molecule has 2 aromatic carbocycles. The number of fused-ring (bicyclic) bond motifs is 2. The molecule has 6 nitrogen and oxygen atoms in total. The van der Waals surface area contributed by atoms with Gasteiger partial charge >= 0.3 is 0 Å². The molecule has 3 aliphatic rings. The van der Waals surface area contributed by atoms with Crippen LogP contribution in [0.25, 0.3) is 0 Å². The molecular formula is C24H28O6. The molecule has 5 rings (SSSR count). The van der Waals surface area contributed by atoms with Crippen molar-refractivity contribution in [2.45, 2.75) is 62.7 Å². The molecule has 160 valence electrons.